The highest BCUT2D eigenvalue weighted by molar-refractivity contribution is 5.98. The molecule has 31 heavy (non-hydrogen) atoms. The molecule has 0 radical (unpaired) electrons. The van der Waals surface area contributed by atoms with Crippen LogP contribution >= 0.6 is 0 Å². The molecule has 0 atom stereocenters. The van der Waals surface area contributed by atoms with E-state index in [2.05, 4.69) is 28.1 Å². The number of nitrogens with one attached hydrogen (secondary N) is 3. The standard InChI is InChI=1S/C25H27N3O3/c1-2-26-25(30)20-10-6-12-22(16-20)28-24(29)18-27-21-11-7-13-23(17-21)31-15-14-19-8-4-3-5-9-19/h3-13,16-17,27H,2,14-15,18H2,1H3,(H,26,30)(H,28,29). The van der Waals surface area contributed by atoms with Gasteiger partial charge in [-0.15, -0.1) is 0 Å². The Morgan fingerprint density at radius 1 is 0.871 bits per heavy atom. The monoisotopic (exact) mass is 417 g/mol. The first-order valence-corrected chi connectivity index (χ1v) is 10.3. The average Bonchev–Trinajstić information content (AvgIpc) is 2.79. The fourth-order valence-corrected chi connectivity index (χ4v) is 3.02. The van der Waals surface area contributed by atoms with Gasteiger partial charge in [-0.25, -0.2) is 0 Å². The van der Waals surface area contributed by atoms with Crippen molar-refractivity contribution in [2.45, 2.75) is 13.3 Å². The quantitative estimate of drug-likeness (QED) is 0.464. The molecule has 6 heteroatoms. The summed E-state index contributed by atoms with van der Waals surface area (Å²) >= 11 is 0. The van der Waals surface area contributed by atoms with Gasteiger partial charge in [0.1, 0.15) is 5.75 Å². The van der Waals surface area contributed by atoms with Crippen molar-refractivity contribution >= 4 is 23.2 Å². The van der Waals surface area contributed by atoms with Crippen LogP contribution < -0.4 is 20.7 Å². The summed E-state index contributed by atoms with van der Waals surface area (Å²) in [6.07, 6.45) is 0.830. The van der Waals surface area contributed by atoms with Gasteiger partial charge in [-0.3, -0.25) is 9.59 Å². The van der Waals surface area contributed by atoms with Gasteiger partial charge in [0.15, 0.2) is 0 Å². The molecule has 160 valence electrons. The summed E-state index contributed by atoms with van der Waals surface area (Å²) in [7, 11) is 0. The number of hydrogen-bond donors (Lipinski definition) is 3. The van der Waals surface area contributed by atoms with Crippen molar-refractivity contribution in [1.29, 1.82) is 0 Å². The van der Waals surface area contributed by atoms with Crippen LogP contribution in [0.4, 0.5) is 11.4 Å². The van der Waals surface area contributed by atoms with Gasteiger partial charge in [0.2, 0.25) is 5.91 Å². The summed E-state index contributed by atoms with van der Waals surface area (Å²) in [6, 6.07) is 24.6. The first-order chi connectivity index (χ1) is 15.1. The van der Waals surface area contributed by atoms with Crippen LogP contribution in [0.25, 0.3) is 0 Å². The third-order valence-electron chi connectivity index (χ3n) is 4.54. The predicted molar refractivity (Wildman–Crippen MR) is 124 cm³/mol. The van der Waals surface area contributed by atoms with Gasteiger partial charge in [0.25, 0.3) is 5.91 Å². The van der Waals surface area contributed by atoms with Crippen LogP contribution in [-0.4, -0.2) is 31.5 Å². The van der Waals surface area contributed by atoms with Crippen molar-refractivity contribution in [3.05, 3.63) is 90.0 Å². The number of amides is 2. The molecule has 0 saturated heterocycles. The molecule has 0 aliphatic carbocycles. The van der Waals surface area contributed by atoms with Crippen molar-refractivity contribution < 1.29 is 14.3 Å². The summed E-state index contributed by atoms with van der Waals surface area (Å²) in [6.45, 7) is 3.08. The number of hydrogen-bond acceptors (Lipinski definition) is 4. The average molecular weight is 418 g/mol. The van der Waals surface area contributed by atoms with Gasteiger partial charge >= 0.3 is 0 Å². The predicted octanol–water partition coefficient (Wildman–Crippen LogP) is 4.11. The van der Waals surface area contributed by atoms with E-state index in [0.717, 1.165) is 17.9 Å². The van der Waals surface area contributed by atoms with Crippen LogP contribution in [0.5, 0.6) is 5.75 Å². The molecule has 0 spiro atoms. The van der Waals surface area contributed by atoms with E-state index in [1.807, 2.05) is 49.4 Å². The van der Waals surface area contributed by atoms with Crippen LogP contribution in [0.2, 0.25) is 0 Å². The molecule has 0 aliphatic rings. The minimum Gasteiger partial charge on any atom is -0.493 e. The van der Waals surface area contributed by atoms with Gasteiger partial charge in [0.05, 0.1) is 13.2 Å². The fraction of sp³-hybridized carbons (Fsp3) is 0.200. The van der Waals surface area contributed by atoms with Crippen molar-refractivity contribution in [1.82, 2.24) is 5.32 Å². The summed E-state index contributed by atoms with van der Waals surface area (Å²) in [4.78, 5) is 24.2. The van der Waals surface area contributed by atoms with Gasteiger partial charge in [-0.05, 0) is 42.8 Å². The lowest BCUT2D eigenvalue weighted by Crippen LogP contribution is -2.24. The zero-order chi connectivity index (χ0) is 21.9. The summed E-state index contributed by atoms with van der Waals surface area (Å²) < 4.78 is 5.83. The van der Waals surface area contributed by atoms with E-state index in [-0.39, 0.29) is 18.4 Å². The largest absolute Gasteiger partial charge is 0.493 e. The molecule has 0 bridgehead atoms. The van der Waals surface area contributed by atoms with E-state index in [1.54, 1.807) is 24.3 Å². The minimum atomic E-state index is -0.205. The highest BCUT2D eigenvalue weighted by Gasteiger charge is 2.07. The molecule has 6 nitrogen and oxygen atoms in total. The van der Waals surface area contributed by atoms with E-state index in [4.69, 9.17) is 4.74 Å². The summed E-state index contributed by atoms with van der Waals surface area (Å²) in [5.74, 6) is 0.375. The Kier molecular flexibility index (Phi) is 8.05. The van der Waals surface area contributed by atoms with Crippen LogP contribution in [0.3, 0.4) is 0 Å². The van der Waals surface area contributed by atoms with Crippen LogP contribution in [0.15, 0.2) is 78.9 Å². The Bertz CT molecular complexity index is 1010. The van der Waals surface area contributed by atoms with Crippen LogP contribution in [0.1, 0.15) is 22.8 Å². The second-order valence-corrected chi connectivity index (χ2v) is 6.95. The molecule has 0 aliphatic heterocycles. The number of ether oxygens (including phenoxy) is 1. The molecular formula is C25H27N3O3. The van der Waals surface area contributed by atoms with E-state index in [0.29, 0.717) is 24.4 Å². The third kappa shape index (κ3) is 7.19. The number of carbonyl (C=O) groups excluding carboxylic acids is 2. The molecule has 3 rings (SSSR count). The molecule has 3 N–H and O–H groups in total. The second kappa shape index (κ2) is 11.4. The van der Waals surface area contributed by atoms with E-state index in [1.165, 1.54) is 5.56 Å². The minimum absolute atomic E-state index is 0.0961. The molecule has 0 heterocycles. The Morgan fingerprint density at radius 3 is 2.45 bits per heavy atom. The zero-order valence-corrected chi connectivity index (χ0v) is 17.6. The van der Waals surface area contributed by atoms with Crippen molar-refractivity contribution in [3.63, 3.8) is 0 Å². The Hall–Kier alpha value is -3.80. The normalized spacial score (nSPS) is 10.2. The molecule has 0 unspecified atom stereocenters. The van der Waals surface area contributed by atoms with Gasteiger partial charge in [0, 0.05) is 36.0 Å². The molecule has 0 aromatic heterocycles. The molecule has 0 saturated carbocycles. The van der Waals surface area contributed by atoms with Gasteiger partial charge in [-0.1, -0.05) is 42.5 Å². The lowest BCUT2D eigenvalue weighted by Gasteiger charge is -2.11. The molecule has 3 aromatic carbocycles. The molecule has 2 amide bonds. The fourth-order valence-electron chi connectivity index (χ4n) is 3.02. The van der Waals surface area contributed by atoms with Crippen LogP contribution in [0, 0.1) is 0 Å². The SMILES string of the molecule is CCNC(=O)c1cccc(NC(=O)CNc2cccc(OCCc3ccccc3)c2)c1. The molecular weight excluding hydrogens is 390 g/mol. The maximum Gasteiger partial charge on any atom is 0.251 e. The lowest BCUT2D eigenvalue weighted by atomic mass is 10.2. The number of anilines is 2. The Morgan fingerprint density at radius 2 is 1.65 bits per heavy atom. The third-order valence-corrected chi connectivity index (χ3v) is 4.54. The zero-order valence-electron chi connectivity index (χ0n) is 17.6. The lowest BCUT2D eigenvalue weighted by molar-refractivity contribution is -0.114. The number of benzene rings is 3. The Labute approximate surface area is 182 Å². The topological polar surface area (TPSA) is 79.5 Å². The van der Waals surface area contributed by atoms with Crippen molar-refractivity contribution in [2.24, 2.45) is 0 Å². The van der Waals surface area contributed by atoms with Gasteiger partial charge in [-0.2, -0.15) is 0 Å². The van der Waals surface area contributed by atoms with Crippen molar-refractivity contribution in [3.8, 4) is 5.75 Å². The van der Waals surface area contributed by atoms with Crippen LogP contribution in [-0.2, 0) is 11.2 Å². The summed E-state index contributed by atoms with van der Waals surface area (Å²) in [5.41, 5.74) is 3.11. The van der Waals surface area contributed by atoms with Crippen molar-refractivity contribution in [2.75, 3.05) is 30.3 Å². The van der Waals surface area contributed by atoms with E-state index >= 15 is 0 Å². The highest BCUT2D eigenvalue weighted by Crippen LogP contribution is 2.18. The number of carbonyl (C=O) groups is 2. The second-order valence-electron chi connectivity index (χ2n) is 6.95. The first-order valence-electron chi connectivity index (χ1n) is 10.3. The number of rotatable bonds is 10. The summed E-state index contributed by atoms with van der Waals surface area (Å²) in [5, 5.41) is 8.65. The highest BCUT2D eigenvalue weighted by atomic mass is 16.5. The van der Waals surface area contributed by atoms with E-state index in [9.17, 15) is 9.59 Å². The maximum atomic E-state index is 12.3. The maximum absolute atomic E-state index is 12.3. The first kappa shape index (κ1) is 21.9. The van der Waals surface area contributed by atoms with E-state index < -0.39 is 0 Å². The molecule has 0 fully saturated rings. The van der Waals surface area contributed by atoms with Gasteiger partial charge < -0.3 is 20.7 Å². The smallest absolute Gasteiger partial charge is 0.251 e. The molecule has 3 aromatic rings. The Balaban J connectivity index is 1.47.